The number of imide groups is 1. The Balaban J connectivity index is 1.84. The van der Waals surface area contributed by atoms with Crippen LogP contribution in [-0.4, -0.2) is 43.0 Å². The molecule has 0 fully saturated rings. The van der Waals surface area contributed by atoms with Gasteiger partial charge in [-0.05, 0) is 44.5 Å². The van der Waals surface area contributed by atoms with E-state index in [9.17, 15) is 9.59 Å². The molecule has 0 spiro atoms. The quantitative estimate of drug-likeness (QED) is 0.499. The minimum absolute atomic E-state index is 0.342. The Morgan fingerprint density at radius 2 is 1.62 bits per heavy atom. The van der Waals surface area contributed by atoms with Gasteiger partial charge in [0.25, 0.3) is 11.8 Å². The van der Waals surface area contributed by atoms with Crippen molar-refractivity contribution in [2.24, 2.45) is 0 Å². The summed E-state index contributed by atoms with van der Waals surface area (Å²) in [6, 6.07) is 5.16. The van der Waals surface area contributed by atoms with Crippen LogP contribution in [0, 0.1) is 0 Å². The molecular weight excluding hydrogens is 304 g/mol. The van der Waals surface area contributed by atoms with Crippen LogP contribution in [0.25, 0.3) is 0 Å². The lowest BCUT2D eigenvalue weighted by molar-refractivity contribution is 0.0878. The van der Waals surface area contributed by atoms with Crippen LogP contribution in [-0.2, 0) is 0 Å². The van der Waals surface area contributed by atoms with Crippen molar-refractivity contribution in [1.82, 2.24) is 10.2 Å². The first-order valence-electron chi connectivity index (χ1n) is 9.01. The summed E-state index contributed by atoms with van der Waals surface area (Å²) in [5.41, 5.74) is 0.779. The van der Waals surface area contributed by atoms with Crippen LogP contribution in [0.2, 0.25) is 0 Å². The number of amides is 2. The second-order valence-electron chi connectivity index (χ2n) is 6.21. The average molecular weight is 332 g/mol. The predicted octanol–water partition coefficient (Wildman–Crippen LogP) is 3.24. The third-order valence-corrected chi connectivity index (χ3v) is 4.26. The summed E-state index contributed by atoms with van der Waals surface area (Å²) >= 11 is 0. The Hall–Kier alpha value is -1.88. The number of unbranched alkanes of at least 4 members (excludes halogenated alkanes) is 2. The highest BCUT2D eigenvalue weighted by Crippen LogP contribution is 2.26. The maximum Gasteiger partial charge on any atom is 0.262 e. The third-order valence-electron chi connectivity index (χ3n) is 4.26. The molecule has 0 saturated heterocycles. The highest BCUT2D eigenvalue weighted by molar-refractivity contribution is 6.22. The van der Waals surface area contributed by atoms with Crippen molar-refractivity contribution in [3.63, 3.8) is 0 Å². The van der Waals surface area contributed by atoms with E-state index in [1.165, 1.54) is 25.7 Å². The fourth-order valence-electron chi connectivity index (χ4n) is 2.88. The van der Waals surface area contributed by atoms with E-state index in [0.717, 1.165) is 26.1 Å². The lowest BCUT2D eigenvalue weighted by atomic mass is 10.1. The summed E-state index contributed by atoms with van der Waals surface area (Å²) in [7, 11) is 0. The summed E-state index contributed by atoms with van der Waals surface area (Å²) in [5.74, 6) is -0.201. The zero-order chi connectivity index (χ0) is 17.4. The zero-order valence-corrected chi connectivity index (χ0v) is 14.8. The van der Waals surface area contributed by atoms with Crippen LogP contribution in [0.3, 0.4) is 0 Å². The Morgan fingerprint density at radius 3 is 2.29 bits per heavy atom. The zero-order valence-electron chi connectivity index (χ0n) is 14.8. The van der Waals surface area contributed by atoms with Gasteiger partial charge in [0.2, 0.25) is 0 Å². The van der Waals surface area contributed by atoms with E-state index in [0.29, 0.717) is 23.5 Å². The first-order valence-corrected chi connectivity index (χ1v) is 9.01. The van der Waals surface area contributed by atoms with Crippen LogP contribution < -0.4 is 10.1 Å². The number of carbonyl (C=O) groups is 2. The molecule has 1 aliphatic rings. The first-order chi connectivity index (χ1) is 11.7. The Morgan fingerprint density at radius 1 is 0.958 bits per heavy atom. The number of nitrogens with zero attached hydrogens (tertiary/aromatic N) is 1. The number of benzene rings is 1. The molecule has 0 aliphatic carbocycles. The van der Waals surface area contributed by atoms with Crippen molar-refractivity contribution >= 4 is 11.8 Å². The maximum absolute atomic E-state index is 11.9. The Labute approximate surface area is 144 Å². The Bertz CT molecular complexity index is 564. The lowest BCUT2D eigenvalue weighted by Crippen LogP contribution is -2.28. The van der Waals surface area contributed by atoms with Gasteiger partial charge in [-0.15, -0.1) is 0 Å². The van der Waals surface area contributed by atoms with E-state index in [1.807, 2.05) is 0 Å². The topological polar surface area (TPSA) is 58.6 Å². The van der Waals surface area contributed by atoms with Gasteiger partial charge in [0, 0.05) is 6.54 Å². The molecule has 0 atom stereocenters. The molecule has 1 aromatic carbocycles. The molecule has 2 amide bonds. The minimum Gasteiger partial charge on any atom is -0.493 e. The summed E-state index contributed by atoms with van der Waals surface area (Å²) in [6.45, 7) is 8.24. The molecule has 1 N–H and O–H groups in total. The van der Waals surface area contributed by atoms with Gasteiger partial charge in [0.1, 0.15) is 5.75 Å². The summed E-state index contributed by atoms with van der Waals surface area (Å²) in [5, 5.41) is 2.31. The van der Waals surface area contributed by atoms with Crippen molar-refractivity contribution in [2.75, 3.05) is 26.2 Å². The van der Waals surface area contributed by atoms with Crippen LogP contribution in [0.1, 0.15) is 66.7 Å². The van der Waals surface area contributed by atoms with Crippen molar-refractivity contribution in [2.45, 2.75) is 46.0 Å². The van der Waals surface area contributed by atoms with Gasteiger partial charge in [0.15, 0.2) is 0 Å². The van der Waals surface area contributed by atoms with Gasteiger partial charge in [-0.1, -0.05) is 32.8 Å². The second kappa shape index (κ2) is 9.42. The summed E-state index contributed by atoms with van der Waals surface area (Å²) < 4.78 is 5.79. The molecule has 0 radical (unpaired) electrons. The number of hydrogen-bond acceptors (Lipinski definition) is 4. The smallest absolute Gasteiger partial charge is 0.262 e. The number of carbonyl (C=O) groups excluding carboxylic acids is 2. The normalized spacial score (nSPS) is 13.3. The fourth-order valence-corrected chi connectivity index (χ4v) is 2.88. The number of ether oxygens (including phenoxy) is 1. The van der Waals surface area contributed by atoms with Crippen LogP contribution >= 0.6 is 0 Å². The van der Waals surface area contributed by atoms with E-state index in [-0.39, 0.29) is 11.8 Å². The molecule has 0 saturated carbocycles. The molecule has 0 aromatic heterocycles. The predicted molar refractivity (Wildman–Crippen MR) is 94.6 cm³/mol. The average Bonchev–Trinajstić information content (AvgIpc) is 2.88. The molecular formula is C19H28N2O3. The van der Waals surface area contributed by atoms with Gasteiger partial charge in [-0.25, -0.2) is 0 Å². The number of hydrogen-bond donors (Lipinski definition) is 1. The molecule has 0 unspecified atom stereocenters. The SMILES string of the molecule is CCCCN(CCCC)CCCOc1cccc2c1C(=O)NC2=O. The first kappa shape index (κ1) is 18.5. The Kier molecular flexibility index (Phi) is 7.25. The largest absolute Gasteiger partial charge is 0.493 e. The van der Waals surface area contributed by atoms with Gasteiger partial charge in [-0.2, -0.15) is 0 Å². The van der Waals surface area contributed by atoms with Crippen molar-refractivity contribution < 1.29 is 14.3 Å². The van der Waals surface area contributed by atoms with Crippen LogP contribution in [0.5, 0.6) is 5.75 Å². The van der Waals surface area contributed by atoms with E-state index < -0.39 is 0 Å². The molecule has 1 aliphatic heterocycles. The molecule has 2 rings (SSSR count). The number of fused-ring (bicyclic) bond motifs is 1. The molecule has 1 aromatic rings. The third kappa shape index (κ3) is 4.81. The van der Waals surface area contributed by atoms with Crippen LogP contribution in [0.4, 0.5) is 0 Å². The summed E-state index contributed by atoms with van der Waals surface area (Å²) in [4.78, 5) is 26.0. The van der Waals surface area contributed by atoms with Crippen LogP contribution in [0.15, 0.2) is 18.2 Å². The van der Waals surface area contributed by atoms with Crippen molar-refractivity contribution in [1.29, 1.82) is 0 Å². The monoisotopic (exact) mass is 332 g/mol. The molecule has 1 heterocycles. The maximum atomic E-state index is 11.9. The van der Waals surface area contributed by atoms with Gasteiger partial charge >= 0.3 is 0 Å². The van der Waals surface area contributed by atoms with Crippen molar-refractivity contribution in [3.05, 3.63) is 29.3 Å². The molecule has 5 nitrogen and oxygen atoms in total. The van der Waals surface area contributed by atoms with E-state index in [1.54, 1.807) is 18.2 Å². The molecule has 0 bridgehead atoms. The highest BCUT2D eigenvalue weighted by atomic mass is 16.5. The number of nitrogens with one attached hydrogen (secondary N) is 1. The van der Waals surface area contributed by atoms with E-state index in [2.05, 4.69) is 24.1 Å². The molecule has 24 heavy (non-hydrogen) atoms. The lowest BCUT2D eigenvalue weighted by Gasteiger charge is -2.22. The van der Waals surface area contributed by atoms with Gasteiger partial charge in [0.05, 0.1) is 17.7 Å². The van der Waals surface area contributed by atoms with Crippen molar-refractivity contribution in [3.8, 4) is 5.75 Å². The van der Waals surface area contributed by atoms with Gasteiger partial charge in [-0.3, -0.25) is 14.9 Å². The minimum atomic E-state index is -0.363. The fraction of sp³-hybridized carbons (Fsp3) is 0.579. The highest BCUT2D eigenvalue weighted by Gasteiger charge is 2.29. The van der Waals surface area contributed by atoms with E-state index >= 15 is 0 Å². The molecule has 5 heteroatoms. The van der Waals surface area contributed by atoms with Gasteiger partial charge < -0.3 is 9.64 Å². The summed E-state index contributed by atoms with van der Waals surface area (Å²) in [6.07, 6.45) is 5.77. The number of rotatable bonds is 11. The second-order valence-corrected chi connectivity index (χ2v) is 6.21. The molecule has 132 valence electrons. The standard InChI is InChI=1S/C19H28N2O3/c1-3-5-11-21(12-6-4-2)13-8-14-24-16-10-7-9-15-17(16)19(23)20-18(15)22/h7,9-10H,3-6,8,11-14H2,1-2H3,(H,20,22,23). The van der Waals surface area contributed by atoms with E-state index in [4.69, 9.17) is 4.74 Å².